The first-order chi connectivity index (χ1) is 8.77. The Bertz CT molecular complexity index is 427. The van der Waals surface area contributed by atoms with E-state index < -0.39 is 11.7 Å². The van der Waals surface area contributed by atoms with Gasteiger partial charge in [0, 0.05) is 4.91 Å². The molecule has 0 amide bonds. The number of rotatable bonds is 6. The van der Waals surface area contributed by atoms with Crippen LogP contribution >= 0.6 is 0 Å². The molecule has 0 aliphatic carbocycles. The largest absolute Gasteiger partial charge is 0.390 e. The molecule has 18 heavy (non-hydrogen) atoms. The SMILES string of the molecule is [N-]=[N+]=NCC(O)C1(OCc2ccccc2)COC1. The molecule has 0 bridgehead atoms. The van der Waals surface area contributed by atoms with Gasteiger partial charge < -0.3 is 14.6 Å². The quantitative estimate of drug-likeness (QED) is 0.472. The van der Waals surface area contributed by atoms with Gasteiger partial charge in [-0.05, 0) is 11.1 Å². The number of benzene rings is 1. The summed E-state index contributed by atoms with van der Waals surface area (Å²) in [5.74, 6) is 0. The summed E-state index contributed by atoms with van der Waals surface area (Å²) < 4.78 is 10.9. The van der Waals surface area contributed by atoms with Gasteiger partial charge in [-0.1, -0.05) is 35.4 Å². The molecule has 0 aromatic heterocycles. The van der Waals surface area contributed by atoms with Crippen LogP contribution in [0.2, 0.25) is 0 Å². The fourth-order valence-electron chi connectivity index (χ4n) is 1.76. The molecule has 0 saturated carbocycles. The molecule has 1 atom stereocenters. The highest BCUT2D eigenvalue weighted by molar-refractivity contribution is 5.14. The maximum absolute atomic E-state index is 9.96. The van der Waals surface area contributed by atoms with E-state index in [0.29, 0.717) is 19.8 Å². The first-order valence-corrected chi connectivity index (χ1v) is 5.71. The molecule has 1 aliphatic heterocycles. The minimum absolute atomic E-state index is 0.00531. The molecular formula is C12H15N3O3. The Balaban J connectivity index is 1.94. The third kappa shape index (κ3) is 2.80. The Labute approximate surface area is 105 Å². The summed E-state index contributed by atoms with van der Waals surface area (Å²) in [5, 5.41) is 13.3. The summed E-state index contributed by atoms with van der Waals surface area (Å²) in [4.78, 5) is 2.63. The molecule has 0 spiro atoms. The van der Waals surface area contributed by atoms with E-state index in [9.17, 15) is 5.11 Å². The monoisotopic (exact) mass is 249 g/mol. The molecule has 1 unspecified atom stereocenters. The molecule has 1 saturated heterocycles. The average molecular weight is 249 g/mol. The van der Waals surface area contributed by atoms with Gasteiger partial charge >= 0.3 is 0 Å². The second-order valence-electron chi connectivity index (χ2n) is 4.26. The lowest BCUT2D eigenvalue weighted by atomic mass is 9.94. The molecule has 1 heterocycles. The van der Waals surface area contributed by atoms with Gasteiger partial charge in [-0.3, -0.25) is 0 Å². The van der Waals surface area contributed by atoms with Crippen molar-refractivity contribution in [2.45, 2.75) is 18.3 Å². The third-order valence-electron chi connectivity index (χ3n) is 2.99. The van der Waals surface area contributed by atoms with Crippen LogP contribution < -0.4 is 0 Å². The van der Waals surface area contributed by atoms with Crippen molar-refractivity contribution in [3.8, 4) is 0 Å². The molecule has 1 N–H and O–H groups in total. The molecule has 1 aromatic rings. The Kier molecular flexibility index (Phi) is 4.17. The topological polar surface area (TPSA) is 87.5 Å². The highest BCUT2D eigenvalue weighted by Gasteiger charge is 2.46. The van der Waals surface area contributed by atoms with Crippen molar-refractivity contribution in [1.82, 2.24) is 0 Å². The molecule has 6 nitrogen and oxygen atoms in total. The molecule has 1 aliphatic rings. The number of hydrogen-bond donors (Lipinski definition) is 1. The summed E-state index contributed by atoms with van der Waals surface area (Å²) in [6.45, 7) is 1.04. The lowest BCUT2D eigenvalue weighted by Gasteiger charge is -2.44. The Morgan fingerprint density at radius 2 is 2.17 bits per heavy atom. The van der Waals surface area contributed by atoms with E-state index in [1.165, 1.54) is 0 Å². The predicted molar refractivity (Wildman–Crippen MR) is 64.8 cm³/mol. The van der Waals surface area contributed by atoms with E-state index in [1.807, 2.05) is 30.3 Å². The molecule has 1 aromatic carbocycles. The molecule has 2 rings (SSSR count). The van der Waals surface area contributed by atoms with E-state index in [2.05, 4.69) is 10.0 Å². The zero-order chi connectivity index (χ0) is 12.8. The molecule has 1 fully saturated rings. The molecular weight excluding hydrogens is 234 g/mol. The van der Waals surface area contributed by atoms with Crippen molar-refractivity contribution in [2.75, 3.05) is 19.8 Å². The van der Waals surface area contributed by atoms with Gasteiger partial charge in [0.15, 0.2) is 0 Å². The normalized spacial score (nSPS) is 18.5. The average Bonchev–Trinajstić information content (AvgIpc) is 2.36. The van der Waals surface area contributed by atoms with Gasteiger partial charge in [0.1, 0.15) is 5.60 Å². The first kappa shape index (κ1) is 12.9. The standard InChI is InChI=1S/C12H15N3O3/c13-15-14-6-11(16)12(8-17-9-12)18-7-10-4-2-1-3-5-10/h1-5,11,16H,6-9H2. The number of nitrogens with zero attached hydrogens (tertiary/aromatic N) is 3. The van der Waals surface area contributed by atoms with E-state index in [4.69, 9.17) is 15.0 Å². The van der Waals surface area contributed by atoms with E-state index in [1.54, 1.807) is 0 Å². The lowest BCUT2D eigenvalue weighted by Crippen LogP contribution is -2.61. The van der Waals surface area contributed by atoms with Gasteiger partial charge in [0.05, 0.1) is 32.5 Å². The van der Waals surface area contributed by atoms with Crippen molar-refractivity contribution in [1.29, 1.82) is 0 Å². The predicted octanol–water partition coefficient (Wildman–Crippen LogP) is 1.64. The second-order valence-corrected chi connectivity index (χ2v) is 4.26. The van der Waals surface area contributed by atoms with Crippen LogP contribution in [0.4, 0.5) is 0 Å². The Hall–Kier alpha value is -1.59. The van der Waals surface area contributed by atoms with Crippen LogP contribution in [-0.2, 0) is 16.1 Å². The van der Waals surface area contributed by atoms with Crippen LogP contribution in [0.15, 0.2) is 35.4 Å². The van der Waals surface area contributed by atoms with Crippen LogP contribution in [0.1, 0.15) is 5.56 Å². The van der Waals surface area contributed by atoms with Crippen molar-refractivity contribution in [3.05, 3.63) is 46.3 Å². The van der Waals surface area contributed by atoms with Gasteiger partial charge in [0.25, 0.3) is 0 Å². The molecule has 96 valence electrons. The number of aliphatic hydroxyl groups is 1. The second kappa shape index (κ2) is 5.84. The first-order valence-electron chi connectivity index (χ1n) is 5.71. The third-order valence-corrected chi connectivity index (χ3v) is 2.99. The summed E-state index contributed by atoms with van der Waals surface area (Å²) in [6.07, 6.45) is -0.842. The summed E-state index contributed by atoms with van der Waals surface area (Å²) >= 11 is 0. The maximum atomic E-state index is 9.96. The number of aliphatic hydroxyl groups excluding tert-OH is 1. The minimum atomic E-state index is -0.842. The number of ether oxygens (including phenoxy) is 2. The fourth-order valence-corrected chi connectivity index (χ4v) is 1.76. The fraction of sp³-hybridized carbons (Fsp3) is 0.500. The number of azide groups is 1. The minimum Gasteiger partial charge on any atom is -0.390 e. The summed E-state index contributed by atoms with van der Waals surface area (Å²) in [5.41, 5.74) is 8.54. The smallest absolute Gasteiger partial charge is 0.141 e. The van der Waals surface area contributed by atoms with Crippen LogP contribution in [-0.4, -0.2) is 36.6 Å². The van der Waals surface area contributed by atoms with Crippen molar-refractivity contribution >= 4 is 0 Å². The van der Waals surface area contributed by atoms with Gasteiger partial charge in [0.2, 0.25) is 0 Å². The highest BCUT2D eigenvalue weighted by Crippen LogP contribution is 2.27. The highest BCUT2D eigenvalue weighted by atomic mass is 16.6. The van der Waals surface area contributed by atoms with Gasteiger partial charge in [-0.15, -0.1) is 0 Å². The van der Waals surface area contributed by atoms with E-state index in [-0.39, 0.29) is 6.54 Å². The Morgan fingerprint density at radius 3 is 2.72 bits per heavy atom. The maximum Gasteiger partial charge on any atom is 0.141 e. The summed E-state index contributed by atoms with van der Waals surface area (Å²) in [7, 11) is 0. The zero-order valence-electron chi connectivity index (χ0n) is 9.90. The summed E-state index contributed by atoms with van der Waals surface area (Å²) in [6, 6.07) is 9.69. The van der Waals surface area contributed by atoms with Gasteiger partial charge in [-0.25, -0.2) is 0 Å². The van der Waals surface area contributed by atoms with E-state index in [0.717, 1.165) is 5.56 Å². The van der Waals surface area contributed by atoms with Crippen molar-refractivity contribution < 1.29 is 14.6 Å². The van der Waals surface area contributed by atoms with Gasteiger partial charge in [-0.2, -0.15) is 0 Å². The van der Waals surface area contributed by atoms with Crippen molar-refractivity contribution in [2.24, 2.45) is 5.11 Å². The molecule has 6 heteroatoms. The lowest BCUT2D eigenvalue weighted by molar-refractivity contribution is -0.255. The van der Waals surface area contributed by atoms with Crippen LogP contribution in [0, 0.1) is 0 Å². The van der Waals surface area contributed by atoms with Crippen LogP contribution in [0.25, 0.3) is 10.4 Å². The Morgan fingerprint density at radius 1 is 1.44 bits per heavy atom. The zero-order valence-corrected chi connectivity index (χ0v) is 9.90. The number of hydrogen-bond acceptors (Lipinski definition) is 4. The van der Waals surface area contributed by atoms with E-state index >= 15 is 0 Å². The molecule has 0 radical (unpaired) electrons. The van der Waals surface area contributed by atoms with Crippen molar-refractivity contribution in [3.63, 3.8) is 0 Å². The van der Waals surface area contributed by atoms with Crippen LogP contribution in [0.5, 0.6) is 0 Å². The van der Waals surface area contributed by atoms with Crippen LogP contribution in [0.3, 0.4) is 0 Å².